The summed E-state index contributed by atoms with van der Waals surface area (Å²) in [4.78, 5) is 16.0. The standard InChI is InChI=1S/C13H17N3OS/c1-9(12(17)16-13(2,3)4)18-11-7-10(8-14)5-6-15-11/h5-7,9H,1-4H3,(H,16,17). The maximum absolute atomic E-state index is 11.9. The van der Waals surface area contributed by atoms with Gasteiger partial charge in [-0.2, -0.15) is 5.26 Å². The van der Waals surface area contributed by atoms with E-state index in [0.717, 1.165) is 0 Å². The number of amides is 1. The number of aromatic nitrogens is 1. The van der Waals surface area contributed by atoms with Crippen molar-refractivity contribution in [2.45, 2.75) is 43.5 Å². The fourth-order valence-corrected chi connectivity index (χ4v) is 2.09. The highest BCUT2D eigenvalue weighted by atomic mass is 32.2. The van der Waals surface area contributed by atoms with Gasteiger partial charge < -0.3 is 5.32 Å². The molecule has 0 saturated carbocycles. The zero-order chi connectivity index (χ0) is 13.8. The Hall–Kier alpha value is -1.54. The second-order valence-electron chi connectivity index (χ2n) is 4.99. The summed E-state index contributed by atoms with van der Waals surface area (Å²) in [5, 5.41) is 12.1. The molecule has 0 aliphatic rings. The van der Waals surface area contributed by atoms with Crippen molar-refractivity contribution in [1.29, 1.82) is 5.26 Å². The van der Waals surface area contributed by atoms with E-state index in [2.05, 4.69) is 16.4 Å². The first kappa shape index (κ1) is 14.5. The van der Waals surface area contributed by atoms with E-state index in [4.69, 9.17) is 5.26 Å². The van der Waals surface area contributed by atoms with Gasteiger partial charge in [0.2, 0.25) is 5.91 Å². The van der Waals surface area contributed by atoms with Crippen LogP contribution in [0.3, 0.4) is 0 Å². The molecule has 1 amide bonds. The number of nitrogens with zero attached hydrogens (tertiary/aromatic N) is 2. The maximum Gasteiger partial charge on any atom is 0.233 e. The van der Waals surface area contributed by atoms with Gasteiger partial charge in [0, 0.05) is 11.7 Å². The largest absolute Gasteiger partial charge is 0.351 e. The van der Waals surface area contributed by atoms with Crippen molar-refractivity contribution in [3.05, 3.63) is 23.9 Å². The fourth-order valence-electron chi connectivity index (χ4n) is 1.25. The van der Waals surface area contributed by atoms with Gasteiger partial charge in [-0.15, -0.1) is 0 Å². The third-order valence-corrected chi connectivity index (χ3v) is 3.06. The van der Waals surface area contributed by atoms with Gasteiger partial charge in [-0.05, 0) is 39.8 Å². The minimum atomic E-state index is -0.245. The summed E-state index contributed by atoms with van der Waals surface area (Å²) in [6, 6.07) is 5.38. The molecule has 1 unspecified atom stereocenters. The Labute approximate surface area is 112 Å². The monoisotopic (exact) mass is 263 g/mol. The van der Waals surface area contributed by atoms with Crippen LogP contribution in [0.5, 0.6) is 0 Å². The van der Waals surface area contributed by atoms with E-state index in [-0.39, 0.29) is 16.7 Å². The number of hydrogen-bond acceptors (Lipinski definition) is 4. The topological polar surface area (TPSA) is 65.8 Å². The molecule has 1 rings (SSSR count). The lowest BCUT2D eigenvalue weighted by Crippen LogP contribution is -2.44. The Bertz CT molecular complexity index is 474. The van der Waals surface area contributed by atoms with Crippen molar-refractivity contribution in [3.63, 3.8) is 0 Å². The molecule has 0 saturated heterocycles. The summed E-state index contributed by atoms with van der Waals surface area (Å²) in [7, 11) is 0. The van der Waals surface area contributed by atoms with Gasteiger partial charge in [0.15, 0.2) is 0 Å². The molecule has 1 aromatic rings. The van der Waals surface area contributed by atoms with E-state index < -0.39 is 0 Å². The molecule has 1 heterocycles. The van der Waals surface area contributed by atoms with Crippen LogP contribution >= 0.6 is 11.8 Å². The van der Waals surface area contributed by atoms with E-state index >= 15 is 0 Å². The van der Waals surface area contributed by atoms with Gasteiger partial charge in [-0.3, -0.25) is 4.79 Å². The highest BCUT2D eigenvalue weighted by Gasteiger charge is 2.20. The summed E-state index contributed by atoms with van der Waals surface area (Å²) < 4.78 is 0. The second kappa shape index (κ2) is 5.87. The van der Waals surface area contributed by atoms with E-state index in [0.29, 0.717) is 10.6 Å². The highest BCUT2D eigenvalue weighted by molar-refractivity contribution is 8.00. The van der Waals surface area contributed by atoms with Crippen LogP contribution in [0.15, 0.2) is 23.4 Å². The second-order valence-corrected chi connectivity index (χ2v) is 6.35. The van der Waals surface area contributed by atoms with Gasteiger partial charge in [0.25, 0.3) is 0 Å². The molecule has 18 heavy (non-hydrogen) atoms. The molecular formula is C13H17N3OS. The average Bonchev–Trinajstić information content (AvgIpc) is 2.27. The van der Waals surface area contributed by atoms with Gasteiger partial charge in [-0.25, -0.2) is 4.98 Å². The normalized spacial score (nSPS) is 12.6. The molecule has 1 N–H and O–H groups in total. The summed E-state index contributed by atoms with van der Waals surface area (Å²) in [5.74, 6) is -0.0309. The molecule has 1 aromatic heterocycles. The van der Waals surface area contributed by atoms with E-state index in [9.17, 15) is 4.79 Å². The predicted molar refractivity (Wildman–Crippen MR) is 72.2 cm³/mol. The van der Waals surface area contributed by atoms with Gasteiger partial charge >= 0.3 is 0 Å². The van der Waals surface area contributed by atoms with E-state index in [1.54, 1.807) is 18.3 Å². The average molecular weight is 263 g/mol. The lowest BCUT2D eigenvalue weighted by Gasteiger charge is -2.22. The Morgan fingerprint density at radius 1 is 1.56 bits per heavy atom. The number of pyridine rings is 1. The highest BCUT2D eigenvalue weighted by Crippen LogP contribution is 2.22. The first-order valence-electron chi connectivity index (χ1n) is 5.66. The van der Waals surface area contributed by atoms with Crippen LogP contribution in [0, 0.1) is 11.3 Å². The van der Waals surface area contributed by atoms with Crippen LogP contribution in [-0.2, 0) is 4.79 Å². The predicted octanol–water partition coefficient (Wildman–Crippen LogP) is 2.35. The summed E-state index contributed by atoms with van der Waals surface area (Å²) in [6.45, 7) is 7.65. The van der Waals surface area contributed by atoms with Crippen molar-refractivity contribution in [2.75, 3.05) is 0 Å². The number of carbonyl (C=O) groups is 1. The van der Waals surface area contributed by atoms with Crippen LogP contribution in [0.4, 0.5) is 0 Å². The van der Waals surface area contributed by atoms with Crippen molar-refractivity contribution in [1.82, 2.24) is 10.3 Å². The zero-order valence-corrected chi connectivity index (χ0v) is 11.8. The SMILES string of the molecule is CC(Sc1cc(C#N)ccn1)C(=O)NC(C)(C)C. The molecule has 0 aliphatic heterocycles. The van der Waals surface area contributed by atoms with Crippen LogP contribution in [0.25, 0.3) is 0 Å². The van der Waals surface area contributed by atoms with Gasteiger partial charge in [0.05, 0.1) is 21.9 Å². The smallest absolute Gasteiger partial charge is 0.233 e. The Balaban J connectivity index is 2.67. The Kier molecular flexibility index (Phi) is 4.74. The third kappa shape index (κ3) is 4.76. The summed E-state index contributed by atoms with van der Waals surface area (Å²) >= 11 is 1.35. The molecule has 0 spiro atoms. The molecule has 1 atom stereocenters. The molecule has 0 aliphatic carbocycles. The van der Waals surface area contributed by atoms with Crippen molar-refractivity contribution < 1.29 is 4.79 Å². The Morgan fingerprint density at radius 3 is 2.78 bits per heavy atom. The molecule has 0 bridgehead atoms. The number of nitrogens with one attached hydrogen (secondary N) is 1. The quantitative estimate of drug-likeness (QED) is 0.850. The summed E-state index contributed by atoms with van der Waals surface area (Å²) in [6.07, 6.45) is 1.58. The van der Waals surface area contributed by atoms with Crippen molar-refractivity contribution in [3.8, 4) is 6.07 Å². The number of hydrogen-bond donors (Lipinski definition) is 1. The molecule has 0 radical (unpaired) electrons. The number of thioether (sulfide) groups is 1. The minimum Gasteiger partial charge on any atom is -0.351 e. The molecule has 4 nitrogen and oxygen atoms in total. The van der Waals surface area contributed by atoms with E-state index in [1.165, 1.54) is 11.8 Å². The lowest BCUT2D eigenvalue weighted by atomic mass is 10.1. The fraction of sp³-hybridized carbons (Fsp3) is 0.462. The Morgan fingerprint density at radius 2 is 2.22 bits per heavy atom. The van der Waals surface area contributed by atoms with Gasteiger partial charge in [-0.1, -0.05) is 11.8 Å². The first-order chi connectivity index (χ1) is 8.31. The lowest BCUT2D eigenvalue weighted by molar-refractivity contribution is -0.121. The number of nitriles is 1. The molecular weight excluding hydrogens is 246 g/mol. The maximum atomic E-state index is 11.9. The molecule has 0 aromatic carbocycles. The first-order valence-corrected chi connectivity index (χ1v) is 6.54. The van der Waals surface area contributed by atoms with Crippen LogP contribution in [0.1, 0.15) is 33.3 Å². The van der Waals surface area contributed by atoms with E-state index in [1.807, 2.05) is 27.7 Å². The van der Waals surface area contributed by atoms with Crippen molar-refractivity contribution in [2.24, 2.45) is 0 Å². The van der Waals surface area contributed by atoms with Gasteiger partial charge in [0.1, 0.15) is 0 Å². The third-order valence-electron chi connectivity index (χ3n) is 2.03. The number of carbonyl (C=O) groups excluding carboxylic acids is 1. The molecule has 96 valence electrons. The van der Waals surface area contributed by atoms with Crippen LogP contribution < -0.4 is 5.32 Å². The molecule has 0 fully saturated rings. The summed E-state index contributed by atoms with van der Waals surface area (Å²) in [5.41, 5.74) is 0.310. The molecule has 5 heteroatoms. The van der Waals surface area contributed by atoms with Crippen LogP contribution in [-0.4, -0.2) is 21.7 Å². The zero-order valence-electron chi connectivity index (χ0n) is 11.0. The van der Waals surface area contributed by atoms with Crippen molar-refractivity contribution >= 4 is 17.7 Å². The van der Waals surface area contributed by atoms with Crippen LogP contribution in [0.2, 0.25) is 0 Å². The minimum absolute atomic E-state index is 0.0309. The number of rotatable bonds is 3.